The fraction of sp³-hybridized carbons (Fsp3) is 0.600. The van der Waals surface area contributed by atoms with Gasteiger partial charge < -0.3 is 14.6 Å². The average molecular weight is 329 g/mol. The first kappa shape index (κ1) is 14.7. The predicted octanol–water partition coefficient (Wildman–Crippen LogP) is 3.66. The Morgan fingerprint density at radius 1 is 1.26 bits per heavy atom. The molecule has 0 aromatic heterocycles. The Bertz CT molecular complexity index is 479. The van der Waals surface area contributed by atoms with Gasteiger partial charge in [0, 0.05) is 12.0 Å². The molecule has 19 heavy (non-hydrogen) atoms. The van der Waals surface area contributed by atoms with E-state index in [0.29, 0.717) is 12.3 Å². The van der Waals surface area contributed by atoms with E-state index in [4.69, 9.17) is 9.47 Å². The van der Waals surface area contributed by atoms with E-state index in [-0.39, 0.29) is 0 Å². The van der Waals surface area contributed by atoms with Crippen molar-refractivity contribution >= 4 is 15.9 Å². The SMILES string of the molecule is COc1c(Br)cc(CC2(O)CC2)c(C(C)C)c1OC. The number of benzene rings is 1. The van der Waals surface area contributed by atoms with Crippen molar-refractivity contribution in [1.29, 1.82) is 0 Å². The summed E-state index contributed by atoms with van der Waals surface area (Å²) >= 11 is 3.52. The summed E-state index contributed by atoms with van der Waals surface area (Å²) in [7, 11) is 3.30. The second-order valence-corrected chi connectivity index (χ2v) is 6.41. The van der Waals surface area contributed by atoms with Crippen molar-refractivity contribution in [2.75, 3.05) is 14.2 Å². The molecule has 1 fully saturated rings. The first-order valence-corrected chi connectivity index (χ1v) is 7.37. The highest BCUT2D eigenvalue weighted by molar-refractivity contribution is 9.10. The van der Waals surface area contributed by atoms with E-state index in [9.17, 15) is 5.11 Å². The molecule has 1 saturated carbocycles. The number of halogens is 1. The normalized spacial score (nSPS) is 16.6. The summed E-state index contributed by atoms with van der Waals surface area (Å²) in [6, 6.07) is 2.05. The van der Waals surface area contributed by atoms with E-state index in [1.54, 1.807) is 14.2 Å². The van der Waals surface area contributed by atoms with Crippen LogP contribution in [0.3, 0.4) is 0 Å². The minimum Gasteiger partial charge on any atom is -0.493 e. The van der Waals surface area contributed by atoms with Crippen molar-refractivity contribution in [3.63, 3.8) is 0 Å². The molecule has 1 aromatic carbocycles. The largest absolute Gasteiger partial charge is 0.493 e. The van der Waals surface area contributed by atoms with Crippen molar-refractivity contribution in [1.82, 2.24) is 0 Å². The second-order valence-electron chi connectivity index (χ2n) is 5.55. The van der Waals surface area contributed by atoms with E-state index in [1.165, 1.54) is 0 Å². The van der Waals surface area contributed by atoms with Crippen LogP contribution in [0.4, 0.5) is 0 Å². The lowest BCUT2D eigenvalue weighted by Crippen LogP contribution is -2.14. The first-order valence-electron chi connectivity index (χ1n) is 6.57. The van der Waals surface area contributed by atoms with Gasteiger partial charge in [-0.15, -0.1) is 0 Å². The number of hydrogen-bond donors (Lipinski definition) is 1. The zero-order valence-corrected chi connectivity index (χ0v) is 13.5. The molecule has 0 radical (unpaired) electrons. The van der Waals surface area contributed by atoms with Gasteiger partial charge in [-0.1, -0.05) is 13.8 Å². The van der Waals surface area contributed by atoms with Crippen molar-refractivity contribution < 1.29 is 14.6 Å². The highest BCUT2D eigenvalue weighted by atomic mass is 79.9. The summed E-state index contributed by atoms with van der Waals surface area (Å²) in [5.74, 6) is 1.80. The Labute approximate surface area is 123 Å². The molecule has 3 nitrogen and oxygen atoms in total. The Balaban J connectivity index is 2.55. The fourth-order valence-corrected chi connectivity index (χ4v) is 3.14. The molecular formula is C15H21BrO3. The maximum Gasteiger partial charge on any atom is 0.175 e. The molecule has 0 spiro atoms. The smallest absolute Gasteiger partial charge is 0.175 e. The monoisotopic (exact) mass is 328 g/mol. The second kappa shape index (κ2) is 5.33. The first-order chi connectivity index (χ1) is 8.91. The van der Waals surface area contributed by atoms with E-state index in [1.807, 2.05) is 6.07 Å². The third kappa shape index (κ3) is 2.90. The molecule has 1 aliphatic rings. The highest BCUT2D eigenvalue weighted by Gasteiger charge is 2.41. The van der Waals surface area contributed by atoms with Crippen molar-refractivity contribution in [2.24, 2.45) is 0 Å². The van der Waals surface area contributed by atoms with Crippen LogP contribution in [0.1, 0.15) is 43.7 Å². The highest BCUT2D eigenvalue weighted by Crippen LogP contribution is 2.46. The molecule has 0 bridgehead atoms. The maximum atomic E-state index is 10.2. The van der Waals surface area contributed by atoms with Gasteiger partial charge in [0.05, 0.1) is 24.3 Å². The summed E-state index contributed by atoms with van der Waals surface area (Å²) in [4.78, 5) is 0. The Hall–Kier alpha value is -0.740. The van der Waals surface area contributed by atoms with Crippen molar-refractivity contribution in [3.8, 4) is 11.5 Å². The third-order valence-electron chi connectivity index (χ3n) is 3.65. The van der Waals surface area contributed by atoms with Crippen LogP contribution < -0.4 is 9.47 Å². The topological polar surface area (TPSA) is 38.7 Å². The van der Waals surface area contributed by atoms with E-state index in [2.05, 4.69) is 29.8 Å². The zero-order valence-electron chi connectivity index (χ0n) is 11.9. The van der Waals surface area contributed by atoms with E-state index >= 15 is 0 Å². The maximum absolute atomic E-state index is 10.2. The van der Waals surface area contributed by atoms with Crippen LogP contribution in [0.15, 0.2) is 10.5 Å². The summed E-state index contributed by atoms with van der Waals surface area (Å²) in [6.07, 6.45) is 2.45. The molecular weight excluding hydrogens is 308 g/mol. The van der Waals surface area contributed by atoms with E-state index < -0.39 is 5.60 Å². The molecule has 0 aliphatic heterocycles. The predicted molar refractivity (Wildman–Crippen MR) is 79.2 cm³/mol. The quantitative estimate of drug-likeness (QED) is 0.896. The van der Waals surface area contributed by atoms with Gasteiger partial charge >= 0.3 is 0 Å². The van der Waals surface area contributed by atoms with Crippen molar-refractivity contribution in [3.05, 3.63) is 21.7 Å². The Morgan fingerprint density at radius 2 is 1.84 bits per heavy atom. The molecule has 0 heterocycles. The average Bonchev–Trinajstić information content (AvgIpc) is 3.05. The van der Waals surface area contributed by atoms with Gasteiger partial charge in [-0.2, -0.15) is 0 Å². The zero-order chi connectivity index (χ0) is 14.2. The lowest BCUT2D eigenvalue weighted by molar-refractivity contribution is 0.150. The van der Waals surface area contributed by atoms with Gasteiger partial charge in [0.15, 0.2) is 11.5 Å². The van der Waals surface area contributed by atoms with Gasteiger partial charge in [-0.3, -0.25) is 0 Å². The van der Waals surface area contributed by atoms with Crippen LogP contribution in [0.5, 0.6) is 11.5 Å². The van der Waals surface area contributed by atoms with Gasteiger partial charge in [-0.25, -0.2) is 0 Å². The van der Waals surface area contributed by atoms with Crippen LogP contribution in [-0.2, 0) is 6.42 Å². The molecule has 106 valence electrons. The molecule has 1 aromatic rings. The van der Waals surface area contributed by atoms with E-state index in [0.717, 1.165) is 39.9 Å². The number of aliphatic hydroxyl groups is 1. The summed E-state index contributed by atoms with van der Waals surface area (Å²) in [5, 5.41) is 10.2. The summed E-state index contributed by atoms with van der Waals surface area (Å²) in [5.41, 5.74) is 1.75. The van der Waals surface area contributed by atoms with Crippen LogP contribution in [0, 0.1) is 0 Å². The van der Waals surface area contributed by atoms with Crippen LogP contribution in [0.2, 0.25) is 0 Å². The molecule has 1 N–H and O–H groups in total. The number of methoxy groups -OCH3 is 2. The van der Waals surface area contributed by atoms with Crippen LogP contribution in [0.25, 0.3) is 0 Å². The summed E-state index contributed by atoms with van der Waals surface area (Å²) < 4.78 is 11.8. The molecule has 4 heteroatoms. The van der Waals surface area contributed by atoms with Crippen LogP contribution in [-0.4, -0.2) is 24.9 Å². The van der Waals surface area contributed by atoms with Crippen molar-refractivity contribution in [2.45, 2.75) is 44.6 Å². The minimum atomic E-state index is -0.511. The number of hydrogen-bond acceptors (Lipinski definition) is 3. The van der Waals surface area contributed by atoms with Gasteiger partial charge in [0.2, 0.25) is 0 Å². The van der Waals surface area contributed by atoms with Gasteiger partial charge in [-0.05, 0) is 46.3 Å². The molecule has 0 atom stereocenters. The summed E-state index contributed by atoms with van der Waals surface area (Å²) in [6.45, 7) is 4.26. The lowest BCUT2D eigenvalue weighted by Gasteiger charge is -2.22. The van der Waals surface area contributed by atoms with Gasteiger partial charge in [0.25, 0.3) is 0 Å². The minimum absolute atomic E-state index is 0.314. The lowest BCUT2D eigenvalue weighted by atomic mass is 9.91. The number of ether oxygens (including phenoxy) is 2. The molecule has 1 aliphatic carbocycles. The standard InChI is InChI=1S/C15H21BrO3/c1-9(2)12-10(8-15(17)5-6-15)7-11(16)13(18-3)14(12)19-4/h7,9,17H,5-6,8H2,1-4H3. The number of rotatable bonds is 5. The molecule has 0 amide bonds. The van der Waals surface area contributed by atoms with Crippen LogP contribution >= 0.6 is 15.9 Å². The molecule has 0 saturated heterocycles. The molecule has 0 unspecified atom stereocenters. The Morgan fingerprint density at radius 3 is 2.26 bits per heavy atom. The molecule has 2 rings (SSSR count). The third-order valence-corrected chi connectivity index (χ3v) is 4.24. The Kier molecular flexibility index (Phi) is 4.11. The fourth-order valence-electron chi connectivity index (χ4n) is 2.52. The van der Waals surface area contributed by atoms with Gasteiger partial charge in [0.1, 0.15) is 0 Å².